The van der Waals surface area contributed by atoms with Gasteiger partial charge in [-0.15, -0.1) is 11.8 Å². The first kappa shape index (κ1) is 18.3. The van der Waals surface area contributed by atoms with Crippen molar-refractivity contribution in [1.82, 2.24) is 10.2 Å². The number of amides is 3. The molecule has 1 fully saturated rings. The molecular weight excluding hydrogens is 346 g/mol. The van der Waals surface area contributed by atoms with Gasteiger partial charge in [0.25, 0.3) is 5.91 Å². The molecule has 0 bridgehead atoms. The molecule has 1 heterocycles. The maximum atomic E-state index is 12.5. The molecule has 1 aliphatic heterocycles. The SMILES string of the molecule is CSc1cccc(NC(=O)NCc2cccc(C(=O)N3CCCC3)c2)c1. The average Bonchev–Trinajstić information content (AvgIpc) is 3.21. The number of anilines is 1. The summed E-state index contributed by atoms with van der Waals surface area (Å²) in [7, 11) is 0. The second-order valence-electron chi connectivity index (χ2n) is 6.24. The minimum absolute atomic E-state index is 0.0719. The fourth-order valence-electron chi connectivity index (χ4n) is 2.98. The van der Waals surface area contributed by atoms with Crippen LogP contribution in [-0.4, -0.2) is 36.2 Å². The third-order valence-electron chi connectivity index (χ3n) is 4.35. The Balaban J connectivity index is 1.56. The standard InChI is InChI=1S/C20H23N3O2S/c1-26-18-9-5-8-17(13-18)22-20(25)21-14-15-6-4-7-16(12-15)19(24)23-10-2-3-11-23/h4-9,12-13H,2-3,10-11,14H2,1H3,(H2,21,22,25). The molecule has 3 amide bonds. The molecule has 0 aliphatic carbocycles. The van der Waals surface area contributed by atoms with Crippen LogP contribution in [0.2, 0.25) is 0 Å². The Labute approximate surface area is 158 Å². The van der Waals surface area contributed by atoms with Gasteiger partial charge < -0.3 is 15.5 Å². The van der Waals surface area contributed by atoms with Crippen LogP contribution in [0.3, 0.4) is 0 Å². The van der Waals surface area contributed by atoms with Gasteiger partial charge in [-0.05, 0) is 55.0 Å². The van der Waals surface area contributed by atoms with E-state index in [1.165, 1.54) is 0 Å². The first-order valence-corrected chi connectivity index (χ1v) is 9.95. The number of rotatable bonds is 5. The van der Waals surface area contributed by atoms with Crippen molar-refractivity contribution in [1.29, 1.82) is 0 Å². The lowest BCUT2D eigenvalue weighted by molar-refractivity contribution is 0.0792. The molecule has 2 aromatic rings. The van der Waals surface area contributed by atoms with Gasteiger partial charge in [-0.1, -0.05) is 18.2 Å². The molecule has 0 saturated carbocycles. The summed E-state index contributed by atoms with van der Waals surface area (Å²) in [5, 5.41) is 5.67. The summed E-state index contributed by atoms with van der Waals surface area (Å²) in [6.07, 6.45) is 4.14. The van der Waals surface area contributed by atoms with E-state index in [1.807, 2.05) is 59.7 Å². The Morgan fingerprint density at radius 2 is 1.85 bits per heavy atom. The monoisotopic (exact) mass is 369 g/mol. The molecule has 0 radical (unpaired) electrons. The third-order valence-corrected chi connectivity index (χ3v) is 5.07. The number of carbonyl (C=O) groups excluding carboxylic acids is 2. The summed E-state index contributed by atoms with van der Waals surface area (Å²) < 4.78 is 0. The van der Waals surface area contributed by atoms with Crippen LogP contribution in [0.1, 0.15) is 28.8 Å². The normalized spacial score (nSPS) is 13.5. The Hall–Kier alpha value is -2.47. The molecule has 0 spiro atoms. The van der Waals surface area contributed by atoms with Crippen LogP contribution in [-0.2, 0) is 6.54 Å². The van der Waals surface area contributed by atoms with Gasteiger partial charge in [0.2, 0.25) is 0 Å². The van der Waals surface area contributed by atoms with E-state index in [9.17, 15) is 9.59 Å². The second-order valence-corrected chi connectivity index (χ2v) is 7.12. The number of benzene rings is 2. The topological polar surface area (TPSA) is 61.4 Å². The Morgan fingerprint density at radius 1 is 1.08 bits per heavy atom. The van der Waals surface area contributed by atoms with E-state index in [-0.39, 0.29) is 11.9 Å². The maximum absolute atomic E-state index is 12.5. The van der Waals surface area contributed by atoms with E-state index in [0.29, 0.717) is 12.1 Å². The Bertz CT molecular complexity index is 788. The van der Waals surface area contributed by atoms with Crippen LogP contribution in [0.5, 0.6) is 0 Å². The molecule has 0 atom stereocenters. The molecule has 5 nitrogen and oxygen atoms in total. The molecule has 3 rings (SSSR count). The van der Waals surface area contributed by atoms with Crippen molar-refractivity contribution >= 4 is 29.4 Å². The fourth-order valence-corrected chi connectivity index (χ4v) is 3.44. The summed E-state index contributed by atoms with van der Waals surface area (Å²) in [6, 6.07) is 14.9. The number of urea groups is 1. The molecule has 1 aliphatic rings. The zero-order chi connectivity index (χ0) is 18.4. The van der Waals surface area contributed by atoms with Crippen LogP contribution in [0.4, 0.5) is 10.5 Å². The highest BCUT2D eigenvalue weighted by molar-refractivity contribution is 7.98. The number of thioether (sulfide) groups is 1. The van der Waals surface area contributed by atoms with E-state index in [2.05, 4.69) is 10.6 Å². The first-order chi connectivity index (χ1) is 12.7. The van der Waals surface area contributed by atoms with E-state index < -0.39 is 0 Å². The zero-order valence-electron chi connectivity index (χ0n) is 14.8. The Kier molecular flexibility index (Phi) is 6.17. The van der Waals surface area contributed by atoms with Crippen molar-refractivity contribution in [3.8, 4) is 0 Å². The smallest absolute Gasteiger partial charge is 0.319 e. The fraction of sp³-hybridized carbons (Fsp3) is 0.300. The van der Waals surface area contributed by atoms with Gasteiger partial charge in [0.1, 0.15) is 0 Å². The van der Waals surface area contributed by atoms with E-state index in [4.69, 9.17) is 0 Å². The van der Waals surface area contributed by atoms with Crippen molar-refractivity contribution in [2.24, 2.45) is 0 Å². The van der Waals surface area contributed by atoms with Gasteiger partial charge in [0, 0.05) is 35.8 Å². The van der Waals surface area contributed by atoms with Crippen LogP contribution >= 0.6 is 11.8 Å². The summed E-state index contributed by atoms with van der Waals surface area (Å²) in [5.74, 6) is 0.0719. The number of carbonyl (C=O) groups is 2. The van der Waals surface area contributed by atoms with E-state index >= 15 is 0 Å². The highest BCUT2D eigenvalue weighted by atomic mass is 32.2. The maximum Gasteiger partial charge on any atom is 0.319 e. The Morgan fingerprint density at radius 3 is 2.62 bits per heavy atom. The quantitative estimate of drug-likeness (QED) is 0.784. The van der Waals surface area contributed by atoms with Gasteiger partial charge in [0.05, 0.1) is 0 Å². The van der Waals surface area contributed by atoms with Gasteiger partial charge in [-0.2, -0.15) is 0 Å². The summed E-state index contributed by atoms with van der Waals surface area (Å²) in [5.41, 5.74) is 2.34. The van der Waals surface area contributed by atoms with Crippen molar-refractivity contribution in [2.75, 3.05) is 24.7 Å². The number of nitrogens with zero attached hydrogens (tertiary/aromatic N) is 1. The average molecular weight is 369 g/mol. The van der Waals surface area contributed by atoms with Crippen molar-refractivity contribution in [3.05, 3.63) is 59.7 Å². The zero-order valence-corrected chi connectivity index (χ0v) is 15.6. The minimum atomic E-state index is -0.264. The lowest BCUT2D eigenvalue weighted by atomic mass is 10.1. The van der Waals surface area contributed by atoms with Crippen molar-refractivity contribution < 1.29 is 9.59 Å². The van der Waals surface area contributed by atoms with Gasteiger partial charge in [-0.3, -0.25) is 4.79 Å². The molecule has 136 valence electrons. The van der Waals surface area contributed by atoms with Gasteiger partial charge in [-0.25, -0.2) is 4.79 Å². The molecule has 2 aromatic carbocycles. The number of likely N-dealkylation sites (tertiary alicyclic amines) is 1. The van der Waals surface area contributed by atoms with Crippen LogP contribution in [0.15, 0.2) is 53.4 Å². The molecule has 1 saturated heterocycles. The first-order valence-electron chi connectivity index (χ1n) is 8.73. The van der Waals surface area contributed by atoms with Gasteiger partial charge in [0.15, 0.2) is 0 Å². The van der Waals surface area contributed by atoms with E-state index in [0.717, 1.165) is 42.1 Å². The predicted octanol–water partition coefficient (Wildman–Crippen LogP) is 3.97. The van der Waals surface area contributed by atoms with Crippen molar-refractivity contribution in [3.63, 3.8) is 0 Å². The molecule has 0 aromatic heterocycles. The molecule has 2 N–H and O–H groups in total. The van der Waals surface area contributed by atoms with Crippen LogP contribution < -0.4 is 10.6 Å². The predicted molar refractivity (Wildman–Crippen MR) is 106 cm³/mol. The van der Waals surface area contributed by atoms with Crippen LogP contribution in [0, 0.1) is 0 Å². The molecule has 6 heteroatoms. The van der Waals surface area contributed by atoms with Crippen molar-refractivity contribution in [2.45, 2.75) is 24.3 Å². The number of hydrogen-bond acceptors (Lipinski definition) is 3. The summed E-state index contributed by atoms with van der Waals surface area (Å²) in [4.78, 5) is 27.6. The molecular formula is C20H23N3O2S. The third kappa shape index (κ3) is 4.79. The van der Waals surface area contributed by atoms with E-state index in [1.54, 1.807) is 11.8 Å². The minimum Gasteiger partial charge on any atom is -0.339 e. The largest absolute Gasteiger partial charge is 0.339 e. The second kappa shape index (κ2) is 8.76. The molecule has 26 heavy (non-hydrogen) atoms. The highest BCUT2D eigenvalue weighted by Gasteiger charge is 2.19. The number of hydrogen-bond donors (Lipinski definition) is 2. The lowest BCUT2D eigenvalue weighted by Gasteiger charge is -2.15. The highest BCUT2D eigenvalue weighted by Crippen LogP contribution is 2.19. The van der Waals surface area contributed by atoms with Gasteiger partial charge >= 0.3 is 6.03 Å². The lowest BCUT2D eigenvalue weighted by Crippen LogP contribution is -2.29. The number of nitrogens with one attached hydrogen (secondary N) is 2. The summed E-state index contributed by atoms with van der Waals surface area (Å²) >= 11 is 1.63. The molecule has 0 unspecified atom stereocenters. The van der Waals surface area contributed by atoms with Crippen LogP contribution in [0.25, 0.3) is 0 Å². The summed E-state index contributed by atoms with van der Waals surface area (Å²) in [6.45, 7) is 2.03.